The van der Waals surface area contributed by atoms with Gasteiger partial charge in [-0.15, -0.1) is 0 Å². The highest BCUT2D eigenvalue weighted by atomic mass is 32.2. The molecule has 0 aliphatic carbocycles. The zero-order valence-electron chi connectivity index (χ0n) is 12.3. The quantitative estimate of drug-likeness (QED) is 0.599. The summed E-state index contributed by atoms with van der Waals surface area (Å²) in [6.07, 6.45) is 0.437. The molecule has 0 N–H and O–H groups in total. The van der Waals surface area contributed by atoms with Crippen molar-refractivity contribution in [2.24, 2.45) is 5.41 Å². The van der Waals surface area contributed by atoms with E-state index in [1.165, 1.54) is 11.8 Å². The van der Waals surface area contributed by atoms with Crippen molar-refractivity contribution in [3.8, 4) is 11.8 Å². The molecule has 106 valence electrons. The second kappa shape index (κ2) is 7.15. The van der Waals surface area contributed by atoms with Gasteiger partial charge in [0.2, 0.25) is 0 Å². The fourth-order valence-corrected chi connectivity index (χ4v) is 2.81. The minimum Gasteiger partial charge on any atom is -0.287 e. The van der Waals surface area contributed by atoms with Crippen LogP contribution in [-0.2, 0) is 4.79 Å². The van der Waals surface area contributed by atoms with E-state index in [0.29, 0.717) is 6.42 Å². The highest BCUT2D eigenvalue weighted by Crippen LogP contribution is 2.27. The summed E-state index contributed by atoms with van der Waals surface area (Å²) in [5, 5.41) is 0.147. The van der Waals surface area contributed by atoms with Crippen molar-refractivity contribution >= 4 is 16.9 Å². The molecule has 0 bridgehead atoms. The van der Waals surface area contributed by atoms with Crippen LogP contribution in [0.3, 0.4) is 0 Å². The Morgan fingerprint density at radius 3 is 2.19 bits per heavy atom. The lowest BCUT2D eigenvalue weighted by Crippen LogP contribution is -2.13. The van der Waals surface area contributed by atoms with E-state index in [0.717, 1.165) is 10.5 Å². The summed E-state index contributed by atoms with van der Waals surface area (Å²) in [4.78, 5) is 13.1. The van der Waals surface area contributed by atoms with Gasteiger partial charge in [-0.3, -0.25) is 4.79 Å². The number of hydrogen-bond acceptors (Lipinski definition) is 2. The highest BCUT2D eigenvalue weighted by molar-refractivity contribution is 8.13. The van der Waals surface area contributed by atoms with Crippen LogP contribution in [0.1, 0.15) is 25.8 Å². The van der Waals surface area contributed by atoms with E-state index in [1.54, 1.807) is 0 Å². The van der Waals surface area contributed by atoms with Crippen molar-refractivity contribution in [3.63, 3.8) is 0 Å². The van der Waals surface area contributed by atoms with Gasteiger partial charge in [-0.25, -0.2) is 0 Å². The third kappa shape index (κ3) is 5.49. The first kappa shape index (κ1) is 15.4. The molecule has 1 nitrogen and oxygen atoms in total. The fourth-order valence-electron chi connectivity index (χ4n) is 1.82. The summed E-state index contributed by atoms with van der Waals surface area (Å²) >= 11 is 1.29. The largest absolute Gasteiger partial charge is 0.287 e. The van der Waals surface area contributed by atoms with Gasteiger partial charge < -0.3 is 0 Å². The summed E-state index contributed by atoms with van der Waals surface area (Å²) in [5.41, 5.74) is 0.656. The van der Waals surface area contributed by atoms with Crippen molar-refractivity contribution in [1.82, 2.24) is 0 Å². The molecular weight excluding hydrogens is 276 g/mol. The summed E-state index contributed by atoms with van der Waals surface area (Å²) in [6.45, 7) is 4.01. The summed E-state index contributed by atoms with van der Waals surface area (Å²) in [7, 11) is 0. The van der Waals surface area contributed by atoms with Gasteiger partial charge in [-0.2, -0.15) is 0 Å². The highest BCUT2D eigenvalue weighted by Gasteiger charge is 2.20. The van der Waals surface area contributed by atoms with Crippen molar-refractivity contribution in [1.29, 1.82) is 0 Å². The molecule has 2 aromatic carbocycles. The maximum absolute atomic E-state index is 12.1. The third-order valence-corrected chi connectivity index (χ3v) is 3.76. The normalized spacial score (nSPS) is 10.6. The van der Waals surface area contributed by atoms with E-state index in [2.05, 4.69) is 11.8 Å². The molecule has 0 spiro atoms. The van der Waals surface area contributed by atoms with Crippen molar-refractivity contribution in [2.75, 3.05) is 0 Å². The molecule has 0 heterocycles. The molecule has 0 saturated heterocycles. The Morgan fingerprint density at radius 1 is 1.00 bits per heavy atom. The number of carbonyl (C=O) groups excluding carboxylic acids is 1. The summed E-state index contributed by atoms with van der Waals surface area (Å²) < 4.78 is 0. The Labute approximate surface area is 130 Å². The van der Waals surface area contributed by atoms with E-state index < -0.39 is 0 Å². The molecule has 0 saturated carbocycles. The number of benzene rings is 2. The first-order valence-electron chi connectivity index (χ1n) is 6.89. The SMILES string of the molecule is CC(C)(C#Cc1ccccc1)CC(=O)Sc1ccccc1. The average Bonchev–Trinajstić information content (AvgIpc) is 2.47. The average molecular weight is 294 g/mol. The van der Waals surface area contributed by atoms with E-state index in [1.807, 2.05) is 74.5 Å². The van der Waals surface area contributed by atoms with Crippen LogP contribution in [0, 0.1) is 17.3 Å². The fraction of sp³-hybridized carbons (Fsp3) is 0.211. The maximum Gasteiger partial charge on any atom is 0.195 e. The number of thioether (sulfide) groups is 1. The minimum absolute atomic E-state index is 0.147. The van der Waals surface area contributed by atoms with E-state index >= 15 is 0 Å². The first-order valence-corrected chi connectivity index (χ1v) is 7.71. The van der Waals surface area contributed by atoms with Crippen LogP contribution in [0.5, 0.6) is 0 Å². The topological polar surface area (TPSA) is 17.1 Å². The summed E-state index contributed by atoms with van der Waals surface area (Å²) in [6, 6.07) is 19.6. The van der Waals surface area contributed by atoms with Gasteiger partial charge >= 0.3 is 0 Å². The predicted molar refractivity (Wildman–Crippen MR) is 89.0 cm³/mol. The van der Waals surface area contributed by atoms with E-state index in [-0.39, 0.29) is 10.5 Å². The Kier molecular flexibility index (Phi) is 5.25. The molecule has 2 aromatic rings. The molecule has 0 unspecified atom stereocenters. The second-order valence-corrected chi connectivity index (χ2v) is 6.59. The smallest absolute Gasteiger partial charge is 0.195 e. The Balaban J connectivity index is 1.98. The van der Waals surface area contributed by atoms with Gasteiger partial charge in [0.15, 0.2) is 5.12 Å². The molecule has 0 aliphatic rings. The number of hydrogen-bond donors (Lipinski definition) is 0. The van der Waals surface area contributed by atoms with Gasteiger partial charge in [0.25, 0.3) is 0 Å². The summed E-state index contributed by atoms with van der Waals surface area (Å²) in [5.74, 6) is 6.35. The van der Waals surface area contributed by atoms with Crippen LogP contribution in [0.15, 0.2) is 65.6 Å². The first-order chi connectivity index (χ1) is 10.1. The van der Waals surface area contributed by atoms with Crippen molar-refractivity contribution < 1.29 is 4.79 Å². The maximum atomic E-state index is 12.1. The third-order valence-electron chi connectivity index (χ3n) is 2.88. The molecule has 2 rings (SSSR count). The van der Waals surface area contributed by atoms with Gasteiger partial charge in [0.05, 0.1) is 0 Å². The standard InChI is InChI=1S/C19H18OS/c1-19(2,14-13-16-9-5-3-6-10-16)15-18(20)21-17-11-7-4-8-12-17/h3-12H,15H2,1-2H3. The van der Waals surface area contributed by atoms with Gasteiger partial charge in [0, 0.05) is 22.3 Å². The molecular formula is C19H18OS. The lowest BCUT2D eigenvalue weighted by molar-refractivity contribution is -0.112. The molecule has 0 radical (unpaired) electrons. The minimum atomic E-state index is -0.325. The Bertz CT molecular complexity index is 648. The molecule has 2 heteroatoms. The zero-order chi connectivity index (χ0) is 15.1. The lowest BCUT2D eigenvalue weighted by Gasteiger charge is -2.15. The van der Waals surface area contributed by atoms with Gasteiger partial charge in [-0.05, 0) is 38.1 Å². The Hall–Kier alpha value is -1.98. The second-order valence-electron chi connectivity index (χ2n) is 5.46. The van der Waals surface area contributed by atoms with Crippen LogP contribution < -0.4 is 0 Å². The van der Waals surface area contributed by atoms with Gasteiger partial charge in [0.1, 0.15) is 0 Å². The van der Waals surface area contributed by atoms with Crippen molar-refractivity contribution in [3.05, 3.63) is 66.2 Å². The van der Waals surface area contributed by atoms with Crippen LogP contribution in [-0.4, -0.2) is 5.12 Å². The van der Waals surface area contributed by atoms with Crippen LogP contribution >= 0.6 is 11.8 Å². The van der Waals surface area contributed by atoms with Gasteiger partial charge in [-0.1, -0.05) is 60.0 Å². The van der Waals surface area contributed by atoms with Crippen LogP contribution in [0.2, 0.25) is 0 Å². The Morgan fingerprint density at radius 2 is 1.57 bits per heavy atom. The monoisotopic (exact) mass is 294 g/mol. The molecule has 0 amide bonds. The molecule has 0 aromatic heterocycles. The van der Waals surface area contributed by atoms with E-state index in [9.17, 15) is 4.79 Å². The number of carbonyl (C=O) groups is 1. The zero-order valence-corrected chi connectivity index (χ0v) is 13.1. The van der Waals surface area contributed by atoms with Crippen LogP contribution in [0.4, 0.5) is 0 Å². The van der Waals surface area contributed by atoms with E-state index in [4.69, 9.17) is 0 Å². The molecule has 21 heavy (non-hydrogen) atoms. The lowest BCUT2D eigenvalue weighted by atomic mass is 9.90. The number of rotatable bonds is 3. The van der Waals surface area contributed by atoms with Crippen LogP contribution in [0.25, 0.3) is 0 Å². The predicted octanol–water partition coefficient (Wildman–Crippen LogP) is 4.77. The molecule has 0 atom stereocenters. The molecule has 0 fully saturated rings. The molecule has 0 aliphatic heterocycles. The van der Waals surface area contributed by atoms with Crippen molar-refractivity contribution in [2.45, 2.75) is 25.2 Å².